The number of hydrogen-bond acceptors (Lipinski definition) is 2. The van der Waals surface area contributed by atoms with Gasteiger partial charge in [0.15, 0.2) is 0 Å². The number of ketones is 1. The van der Waals surface area contributed by atoms with Crippen LogP contribution in [0.25, 0.3) is 10.9 Å². The summed E-state index contributed by atoms with van der Waals surface area (Å²) >= 11 is 0. The van der Waals surface area contributed by atoms with Crippen molar-refractivity contribution in [1.29, 1.82) is 0 Å². The van der Waals surface area contributed by atoms with Crippen LogP contribution in [-0.2, 0) is 6.54 Å². The molecule has 20 heavy (non-hydrogen) atoms. The summed E-state index contributed by atoms with van der Waals surface area (Å²) in [5.74, 6) is -0.145. The lowest BCUT2D eigenvalue weighted by Gasteiger charge is -2.03. The maximum absolute atomic E-state index is 11.9. The highest BCUT2D eigenvalue weighted by Gasteiger charge is 2.14. The molecule has 0 spiro atoms. The van der Waals surface area contributed by atoms with Crippen LogP contribution in [0.15, 0.2) is 67.3 Å². The first kappa shape index (κ1) is 12.4. The molecule has 1 aromatic heterocycles. The van der Waals surface area contributed by atoms with Crippen LogP contribution < -0.4 is 0 Å². The highest BCUT2D eigenvalue weighted by Crippen LogP contribution is 2.20. The Morgan fingerprint density at radius 3 is 2.55 bits per heavy atom. The highest BCUT2D eigenvalue weighted by molar-refractivity contribution is 6.11. The lowest BCUT2D eigenvalue weighted by Crippen LogP contribution is -2.03. The van der Waals surface area contributed by atoms with Crippen molar-refractivity contribution in [3.63, 3.8) is 0 Å². The molecule has 0 saturated heterocycles. The molecule has 3 nitrogen and oxygen atoms in total. The van der Waals surface area contributed by atoms with E-state index < -0.39 is 0 Å². The lowest BCUT2D eigenvalue weighted by atomic mass is 10.1. The van der Waals surface area contributed by atoms with Gasteiger partial charge in [0.25, 0.3) is 0 Å². The Kier molecular flexibility index (Phi) is 3.17. The third kappa shape index (κ3) is 2.14. The van der Waals surface area contributed by atoms with Crippen molar-refractivity contribution < 1.29 is 4.79 Å². The molecule has 0 aliphatic carbocycles. The fraction of sp³-hybridized carbons (Fsp3) is 0.0588. The van der Waals surface area contributed by atoms with Gasteiger partial charge in [0.2, 0.25) is 5.78 Å². The van der Waals surface area contributed by atoms with E-state index in [1.807, 2.05) is 59.3 Å². The van der Waals surface area contributed by atoms with Gasteiger partial charge in [-0.3, -0.25) is 9.48 Å². The Labute approximate surface area is 117 Å². The van der Waals surface area contributed by atoms with Gasteiger partial charge in [-0.05, 0) is 17.7 Å². The van der Waals surface area contributed by atoms with Gasteiger partial charge >= 0.3 is 0 Å². The molecule has 1 heterocycles. The molecule has 0 unspecified atom stereocenters. The number of aromatic nitrogens is 2. The average Bonchev–Trinajstić information content (AvgIpc) is 2.87. The molecule has 0 aliphatic heterocycles. The van der Waals surface area contributed by atoms with Crippen LogP contribution in [0.5, 0.6) is 0 Å². The second-order valence-corrected chi connectivity index (χ2v) is 4.58. The number of carbonyl (C=O) groups excluding carboxylic acids is 1. The van der Waals surface area contributed by atoms with Crippen molar-refractivity contribution in [3.8, 4) is 0 Å². The van der Waals surface area contributed by atoms with Gasteiger partial charge in [0.05, 0.1) is 12.1 Å². The van der Waals surface area contributed by atoms with Crippen molar-refractivity contribution in [2.24, 2.45) is 0 Å². The topological polar surface area (TPSA) is 34.9 Å². The molecule has 2 aromatic carbocycles. The predicted octanol–water partition coefficient (Wildman–Crippen LogP) is 3.45. The number of para-hydroxylation sites is 1. The summed E-state index contributed by atoms with van der Waals surface area (Å²) in [6.07, 6.45) is 1.31. The molecule has 0 bridgehead atoms. The Hall–Kier alpha value is -2.68. The van der Waals surface area contributed by atoms with E-state index in [1.165, 1.54) is 6.08 Å². The average molecular weight is 262 g/mol. The molecule has 0 radical (unpaired) electrons. The molecule has 0 saturated carbocycles. The van der Waals surface area contributed by atoms with E-state index >= 15 is 0 Å². The van der Waals surface area contributed by atoms with Gasteiger partial charge < -0.3 is 0 Å². The minimum atomic E-state index is -0.145. The van der Waals surface area contributed by atoms with Crippen molar-refractivity contribution in [3.05, 3.63) is 78.5 Å². The van der Waals surface area contributed by atoms with Crippen molar-refractivity contribution in [2.75, 3.05) is 0 Å². The molecule has 3 aromatic rings. The van der Waals surface area contributed by atoms with E-state index in [0.29, 0.717) is 12.2 Å². The van der Waals surface area contributed by atoms with E-state index in [0.717, 1.165) is 16.5 Å². The van der Waals surface area contributed by atoms with Crippen molar-refractivity contribution >= 4 is 16.7 Å². The second kappa shape index (κ2) is 5.13. The summed E-state index contributed by atoms with van der Waals surface area (Å²) in [6.45, 7) is 4.18. The molecule has 0 atom stereocenters. The molecule has 3 rings (SSSR count). The number of fused-ring (bicyclic) bond motifs is 1. The Balaban J connectivity index is 2.12. The quantitative estimate of drug-likeness (QED) is 0.533. The van der Waals surface area contributed by atoms with Gasteiger partial charge in [-0.2, -0.15) is 5.10 Å². The standard InChI is InChI=1S/C17H14N2O/c1-2-16(20)17-14-10-6-7-11-15(14)19(18-17)12-13-8-4-3-5-9-13/h2-11H,1,12H2. The number of allylic oxidation sites excluding steroid dienone is 1. The third-order valence-corrected chi connectivity index (χ3v) is 3.25. The monoisotopic (exact) mass is 262 g/mol. The lowest BCUT2D eigenvalue weighted by molar-refractivity contribution is 0.104. The van der Waals surface area contributed by atoms with E-state index in [2.05, 4.69) is 11.7 Å². The minimum Gasteiger partial charge on any atom is -0.287 e. The Morgan fingerprint density at radius 2 is 1.80 bits per heavy atom. The normalized spacial score (nSPS) is 10.6. The number of rotatable bonds is 4. The molecular weight excluding hydrogens is 248 g/mol. The zero-order chi connectivity index (χ0) is 13.9. The van der Waals surface area contributed by atoms with Crippen LogP contribution in [-0.4, -0.2) is 15.6 Å². The van der Waals surface area contributed by atoms with E-state index in [-0.39, 0.29) is 5.78 Å². The van der Waals surface area contributed by atoms with Crippen LogP contribution in [0.4, 0.5) is 0 Å². The minimum absolute atomic E-state index is 0.145. The van der Waals surface area contributed by atoms with Gasteiger partial charge in [-0.15, -0.1) is 0 Å². The summed E-state index contributed by atoms with van der Waals surface area (Å²) in [7, 11) is 0. The van der Waals surface area contributed by atoms with Crippen LogP contribution in [0.2, 0.25) is 0 Å². The fourth-order valence-corrected chi connectivity index (χ4v) is 2.28. The molecular formula is C17H14N2O. The summed E-state index contributed by atoms with van der Waals surface area (Å²) in [5.41, 5.74) is 2.58. The maximum atomic E-state index is 11.9. The summed E-state index contributed by atoms with van der Waals surface area (Å²) < 4.78 is 1.86. The number of benzene rings is 2. The first-order valence-electron chi connectivity index (χ1n) is 6.46. The molecule has 0 fully saturated rings. The van der Waals surface area contributed by atoms with Crippen LogP contribution in [0, 0.1) is 0 Å². The van der Waals surface area contributed by atoms with Crippen LogP contribution in [0.3, 0.4) is 0 Å². The predicted molar refractivity (Wildman–Crippen MR) is 79.8 cm³/mol. The molecule has 0 amide bonds. The third-order valence-electron chi connectivity index (χ3n) is 3.25. The van der Waals surface area contributed by atoms with Gasteiger partial charge in [0.1, 0.15) is 5.69 Å². The maximum Gasteiger partial charge on any atom is 0.206 e. The zero-order valence-corrected chi connectivity index (χ0v) is 11.0. The van der Waals surface area contributed by atoms with E-state index in [4.69, 9.17) is 0 Å². The Bertz CT molecular complexity index is 772. The zero-order valence-electron chi connectivity index (χ0n) is 11.0. The fourth-order valence-electron chi connectivity index (χ4n) is 2.28. The number of nitrogens with zero attached hydrogens (tertiary/aromatic N) is 2. The van der Waals surface area contributed by atoms with Crippen molar-refractivity contribution in [2.45, 2.75) is 6.54 Å². The smallest absolute Gasteiger partial charge is 0.206 e. The van der Waals surface area contributed by atoms with Crippen LogP contribution >= 0.6 is 0 Å². The summed E-state index contributed by atoms with van der Waals surface area (Å²) in [5, 5.41) is 5.32. The first-order valence-corrected chi connectivity index (χ1v) is 6.46. The summed E-state index contributed by atoms with van der Waals surface area (Å²) in [4.78, 5) is 11.9. The second-order valence-electron chi connectivity index (χ2n) is 4.58. The molecule has 0 aliphatic rings. The van der Waals surface area contributed by atoms with Crippen LogP contribution in [0.1, 0.15) is 16.1 Å². The molecule has 3 heteroatoms. The van der Waals surface area contributed by atoms with Crippen molar-refractivity contribution in [1.82, 2.24) is 9.78 Å². The highest BCUT2D eigenvalue weighted by atomic mass is 16.1. The Morgan fingerprint density at radius 1 is 1.10 bits per heavy atom. The molecule has 0 N–H and O–H groups in total. The first-order chi connectivity index (χ1) is 9.79. The van der Waals surface area contributed by atoms with E-state index in [9.17, 15) is 4.79 Å². The summed E-state index contributed by atoms with van der Waals surface area (Å²) in [6, 6.07) is 17.8. The SMILES string of the molecule is C=CC(=O)c1nn(Cc2ccccc2)c2ccccc12. The van der Waals surface area contributed by atoms with Gasteiger partial charge in [-0.1, -0.05) is 55.1 Å². The van der Waals surface area contributed by atoms with E-state index in [1.54, 1.807) is 0 Å². The van der Waals surface area contributed by atoms with Gasteiger partial charge in [-0.25, -0.2) is 0 Å². The number of hydrogen-bond donors (Lipinski definition) is 0. The number of carbonyl (C=O) groups is 1. The molecule has 98 valence electrons. The van der Waals surface area contributed by atoms with Gasteiger partial charge in [0, 0.05) is 5.39 Å². The largest absolute Gasteiger partial charge is 0.287 e.